The van der Waals surface area contributed by atoms with Crippen LogP contribution >= 0.6 is 0 Å². The molecule has 146 valence electrons. The Morgan fingerprint density at radius 1 is 1.21 bits per heavy atom. The van der Waals surface area contributed by atoms with Gasteiger partial charge in [0, 0.05) is 12.0 Å². The van der Waals surface area contributed by atoms with Gasteiger partial charge in [0.15, 0.2) is 6.29 Å². The standard InChI is InChI=1S/C22H24N2O4/c1-24-12-4-7-20(24)21(26)23-19(22(27)28)13-15-8-10-16(11-9-15)18-6-3-2-5-17(18)14-25/h2-3,5-6,8-11,14,19-20H,4,7,12-13H2,1H3,(H,23,26)(H,27,28)/t19-,20-/m0/s1. The van der Waals surface area contributed by atoms with E-state index in [-0.39, 0.29) is 18.4 Å². The zero-order chi connectivity index (χ0) is 20.1. The van der Waals surface area contributed by atoms with E-state index in [1.54, 1.807) is 6.07 Å². The molecule has 0 spiro atoms. The number of nitrogens with zero attached hydrogens (tertiary/aromatic N) is 1. The SMILES string of the molecule is CN1CCC[C@H]1C(=O)N[C@@H](Cc1ccc(-c2ccccc2C=O)cc1)C(=O)O. The lowest BCUT2D eigenvalue weighted by Crippen LogP contribution is -2.49. The second-order valence-electron chi connectivity index (χ2n) is 7.14. The van der Waals surface area contributed by atoms with E-state index in [9.17, 15) is 19.5 Å². The molecular weight excluding hydrogens is 356 g/mol. The fourth-order valence-corrected chi connectivity index (χ4v) is 3.63. The van der Waals surface area contributed by atoms with Crippen LogP contribution in [0.2, 0.25) is 0 Å². The van der Waals surface area contributed by atoms with Gasteiger partial charge >= 0.3 is 5.97 Å². The van der Waals surface area contributed by atoms with Crippen molar-refractivity contribution in [3.63, 3.8) is 0 Å². The summed E-state index contributed by atoms with van der Waals surface area (Å²) in [6, 6.07) is 13.5. The van der Waals surface area contributed by atoms with Crippen LogP contribution in [-0.4, -0.2) is 53.8 Å². The first-order valence-electron chi connectivity index (χ1n) is 9.36. The van der Waals surface area contributed by atoms with Crippen molar-refractivity contribution in [1.82, 2.24) is 10.2 Å². The van der Waals surface area contributed by atoms with E-state index in [0.29, 0.717) is 5.56 Å². The summed E-state index contributed by atoms with van der Waals surface area (Å²) in [4.78, 5) is 37.2. The molecule has 0 aliphatic carbocycles. The van der Waals surface area contributed by atoms with E-state index >= 15 is 0 Å². The molecular formula is C22H24N2O4. The van der Waals surface area contributed by atoms with Crippen LogP contribution in [0.15, 0.2) is 48.5 Å². The van der Waals surface area contributed by atoms with E-state index in [1.807, 2.05) is 54.4 Å². The number of aldehydes is 1. The summed E-state index contributed by atoms with van der Waals surface area (Å²) in [7, 11) is 1.88. The molecule has 6 heteroatoms. The quantitative estimate of drug-likeness (QED) is 0.720. The molecule has 1 heterocycles. The maximum Gasteiger partial charge on any atom is 0.326 e. The molecule has 1 amide bonds. The van der Waals surface area contributed by atoms with Crippen molar-refractivity contribution in [1.29, 1.82) is 0 Å². The lowest BCUT2D eigenvalue weighted by Gasteiger charge is -2.22. The maximum absolute atomic E-state index is 12.4. The minimum absolute atomic E-state index is 0.202. The highest BCUT2D eigenvalue weighted by Crippen LogP contribution is 2.23. The molecule has 2 atom stereocenters. The van der Waals surface area contributed by atoms with E-state index in [2.05, 4.69) is 5.32 Å². The Balaban J connectivity index is 1.71. The molecule has 0 unspecified atom stereocenters. The number of hydrogen-bond donors (Lipinski definition) is 2. The second kappa shape index (κ2) is 8.80. The van der Waals surface area contributed by atoms with Gasteiger partial charge in [0.25, 0.3) is 0 Å². The molecule has 3 rings (SSSR count). The highest BCUT2D eigenvalue weighted by atomic mass is 16.4. The van der Waals surface area contributed by atoms with Crippen molar-refractivity contribution in [2.24, 2.45) is 0 Å². The van der Waals surface area contributed by atoms with E-state index in [1.165, 1.54) is 0 Å². The zero-order valence-corrected chi connectivity index (χ0v) is 15.8. The third-order valence-electron chi connectivity index (χ3n) is 5.23. The van der Waals surface area contributed by atoms with Gasteiger partial charge in [-0.1, -0.05) is 48.5 Å². The van der Waals surface area contributed by atoms with Gasteiger partial charge in [-0.15, -0.1) is 0 Å². The number of carboxylic acid groups (broad SMARTS) is 1. The van der Waals surface area contributed by atoms with Crippen molar-refractivity contribution in [3.05, 3.63) is 59.7 Å². The molecule has 0 aromatic heterocycles. The molecule has 2 N–H and O–H groups in total. The number of hydrogen-bond acceptors (Lipinski definition) is 4. The van der Waals surface area contributed by atoms with Gasteiger partial charge in [0.1, 0.15) is 6.04 Å². The average Bonchev–Trinajstić information content (AvgIpc) is 3.14. The summed E-state index contributed by atoms with van der Waals surface area (Å²) in [5.74, 6) is -1.28. The largest absolute Gasteiger partial charge is 0.480 e. The molecule has 1 fully saturated rings. The average molecular weight is 380 g/mol. The maximum atomic E-state index is 12.4. The number of carboxylic acids is 1. The van der Waals surface area contributed by atoms with Crippen molar-refractivity contribution in [3.8, 4) is 11.1 Å². The fraction of sp³-hybridized carbons (Fsp3) is 0.318. The zero-order valence-electron chi connectivity index (χ0n) is 15.8. The number of likely N-dealkylation sites (tertiary alicyclic amines) is 1. The molecule has 2 aromatic carbocycles. The lowest BCUT2D eigenvalue weighted by molar-refractivity contribution is -0.142. The van der Waals surface area contributed by atoms with Crippen molar-refractivity contribution in [2.75, 3.05) is 13.6 Å². The van der Waals surface area contributed by atoms with Crippen molar-refractivity contribution >= 4 is 18.2 Å². The van der Waals surface area contributed by atoms with E-state index in [4.69, 9.17) is 0 Å². The van der Waals surface area contributed by atoms with Gasteiger partial charge < -0.3 is 10.4 Å². The Labute approximate surface area is 164 Å². The molecule has 28 heavy (non-hydrogen) atoms. The van der Waals surface area contributed by atoms with Gasteiger partial charge in [-0.05, 0) is 43.1 Å². The van der Waals surface area contributed by atoms with Gasteiger partial charge in [-0.25, -0.2) is 4.79 Å². The number of benzene rings is 2. The minimum atomic E-state index is -1.05. The van der Waals surface area contributed by atoms with Gasteiger partial charge in [0.05, 0.1) is 6.04 Å². The van der Waals surface area contributed by atoms with Crippen LogP contribution < -0.4 is 5.32 Å². The second-order valence-corrected chi connectivity index (χ2v) is 7.14. The Morgan fingerprint density at radius 2 is 1.93 bits per heavy atom. The molecule has 0 saturated carbocycles. The number of nitrogens with one attached hydrogen (secondary N) is 1. The first kappa shape index (κ1) is 19.8. The highest BCUT2D eigenvalue weighted by molar-refractivity contribution is 5.88. The van der Waals surface area contributed by atoms with Crippen LogP contribution in [0.4, 0.5) is 0 Å². The Kier molecular flexibility index (Phi) is 6.21. The summed E-state index contributed by atoms with van der Waals surface area (Å²) in [6.45, 7) is 0.847. The van der Waals surface area contributed by atoms with Crippen molar-refractivity contribution < 1.29 is 19.5 Å². The predicted molar refractivity (Wildman–Crippen MR) is 106 cm³/mol. The number of carbonyl (C=O) groups is 3. The summed E-state index contributed by atoms with van der Waals surface area (Å²) < 4.78 is 0. The minimum Gasteiger partial charge on any atom is -0.480 e. The van der Waals surface area contributed by atoms with Crippen molar-refractivity contribution in [2.45, 2.75) is 31.3 Å². The Hall–Kier alpha value is -2.99. The first-order valence-corrected chi connectivity index (χ1v) is 9.36. The Bertz CT molecular complexity index is 863. The fourth-order valence-electron chi connectivity index (χ4n) is 3.63. The molecule has 6 nitrogen and oxygen atoms in total. The van der Waals surface area contributed by atoms with Crippen LogP contribution in [-0.2, 0) is 16.0 Å². The van der Waals surface area contributed by atoms with Crippen LogP contribution in [0.1, 0.15) is 28.8 Å². The topological polar surface area (TPSA) is 86.7 Å². The van der Waals surface area contributed by atoms with Gasteiger partial charge in [-0.3, -0.25) is 14.5 Å². The Morgan fingerprint density at radius 3 is 2.54 bits per heavy atom. The number of aliphatic carboxylic acids is 1. The van der Waals surface area contributed by atoms with E-state index in [0.717, 1.165) is 42.4 Å². The smallest absolute Gasteiger partial charge is 0.326 e. The number of rotatable bonds is 7. The van der Waals surface area contributed by atoms with Crippen LogP contribution in [0.3, 0.4) is 0 Å². The van der Waals surface area contributed by atoms with Crippen LogP contribution in [0, 0.1) is 0 Å². The predicted octanol–water partition coefficient (Wildman–Crippen LogP) is 2.37. The molecule has 1 aliphatic heterocycles. The molecule has 1 aliphatic rings. The molecule has 0 radical (unpaired) electrons. The molecule has 1 saturated heterocycles. The number of carbonyl (C=O) groups excluding carboxylic acids is 2. The monoisotopic (exact) mass is 380 g/mol. The van der Waals surface area contributed by atoms with Crippen LogP contribution in [0.25, 0.3) is 11.1 Å². The summed E-state index contributed by atoms with van der Waals surface area (Å²) in [5, 5.41) is 12.2. The number of likely N-dealkylation sites (N-methyl/N-ethyl adjacent to an activating group) is 1. The van der Waals surface area contributed by atoms with Gasteiger partial charge in [-0.2, -0.15) is 0 Å². The summed E-state index contributed by atoms with van der Waals surface area (Å²) in [6.07, 6.45) is 2.71. The van der Waals surface area contributed by atoms with E-state index < -0.39 is 12.0 Å². The molecule has 0 bridgehead atoms. The molecule has 2 aromatic rings. The number of amides is 1. The van der Waals surface area contributed by atoms with Gasteiger partial charge in [0.2, 0.25) is 5.91 Å². The van der Waals surface area contributed by atoms with Crippen LogP contribution in [0.5, 0.6) is 0 Å². The summed E-state index contributed by atoms with van der Waals surface area (Å²) >= 11 is 0. The highest BCUT2D eigenvalue weighted by Gasteiger charge is 2.30. The summed E-state index contributed by atoms with van der Waals surface area (Å²) in [5.41, 5.74) is 3.12. The normalized spacial score (nSPS) is 17.8. The third-order valence-corrected chi connectivity index (χ3v) is 5.23. The first-order chi connectivity index (χ1) is 13.5. The third kappa shape index (κ3) is 4.46. The lowest BCUT2D eigenvalue weighted by atomic mass is 9.97.